The van der Waals surface area contributed by atoms with E-state index in [-0.39, 0.29) is 24.6 Å². The van der Waals surface area contributed by atoms with Gasteiger partial charge in [0.2, 0.25) is 5.88 Å². The number of methoxy groups -OCH3 is 1. The van der Waals surface area contributed by atoms with Crippen molar-refractivity contribution in [2.45, 2.75) is 32.0 Å². The van der Waals surface area contributed by atoms with Crippen LogP contribution in [0.4, 0.5) is 14.5 Å². The number of imidazole rings is 1. The molecular weight excluding hydrogens is 564 g/mol. The minimum Gasteiger partial charge on any atom is -0.473 e. The van der Waals surface area contributed by atoms with Crippen LogP contribution in [0.2, 0.25) is 0 Å². The number of nitrogens with zero attached hydrogens (tertiary/aromatic N) is 5. The van der Waals surface area contributed by atoms with Gasteiger partial charge in [-0.25, -0.2) is 28.4 Å². The summed E-state index contributed by atoms with van der Waals surface area (Å²) in [6.07, 6.45) is 1.31. The lowest BCUT2D eigenvalue weighted by atomic mass is 10.0. The lowest BCUT2D eigenvalue weighted by Gasteiger charge is -2.38. The number of hydrogen-bond acceptors (Lipinski definition) is 6. The number of esters is 1. The Morgan fingerprint density at radius 2 is 1.84 bits per heavy atom. The number of likely N-dealkylation sites (tertiary alicyclic amines) is 1. The Hall–Kier alpha value is -5.14. The molecule has 1 atom stereocenters. The van der Waals surface area contributed by atoms with E-state index in [1.165, 1.54) is 31.4 Å². The predicted molar refractivity (Wildman–Crippen MR) is 162 cm³/mol. The van der Waals surface area contributed by atoms with Crippen LogP contribution in [0.5, 0.6) is 5.88 Å². The number of fused-ring (bicyclic) bond motifs is 1. The number of likely N-dealkylation sites (N-methyl/N-ethyl adjacent to an activating group) is 1. The van der Waals surface area contributed by atoms with Gasteiger partial charge in [-0.15, -0.1) is 0 Å². The summed E-state index contributed by atoms with van der Waals surface area (Å²) in [6, 6.07) is 19.9. The monoisotopic (exact) mass is 593 g/mol. The molecule has 0 spiro atoms. The molecule has 8 nitrogen and oxygen atoms in total. The van der Waals surface area contributed by atoms with Crippen molar-refractivity contribution >= 4 is 22.7 Å². The summed E-state index contributed by atoms with van der Waals surface area (Å²) in [4.78, 5) is 27.0. The summed E-state index contributed by atoms with van der Waals surface area (Å²) < 4.78 is 42.5. The molecule has 0 bridgehead atoms. The first-order valence-electron chi connectivity index (χ1n) is 14.1. The highest BCUT2D eigenvalue weighted by molar-refractivity contribution is 5.93. The van der Waals surface area contributed by atoms with Gasteiger partial charge < -0.3 is 18.9 Å². The highest BCUT2D eigenvalue weighted by Crippen LogP contribution is 2.28. The number of hydrogen-bond donors (Lipinski definition) is 0. The van der Waals surface area contributed by atoms with Crippen LogP contribution < -0.4 is 4.74 Å². The topological polar surface area (TPSA) is 73.8 Å². The van der Waals surface area contributed by atoms with Crippen LogP contribution in [-0.2, 0) is 24.3 Å². The molecule has 44 heavy (non-hydrogen) atoms. The minimum absolute atomic E-state index is 0.0629. The SMILES string of the molecule is [C-]#[N+]c1ccc(COc2cccc(-c3ccc(Cc4nc5ccc(C(=O)OC)cc5n4C[C@@H]4CCN4C)c(F)c3)n2)c(F)c1. The van der Waals surface area contributed by atoms with Gasteiger partial charge in [-0.05, 0) is 62.0 Å². The second kappa shape index (κ2) is 12.2. The predicted octanol–water partition coefficient (Wildman–Crippen LogP) is 6.59. The first-order valence-corrected chi connectivity index (χ1v) is 14.1. The smallest absolute Gasteiger partial charge is 0.337 e. The Balaban J connectivity index is 1.24. The molecule has 3 heterocycles. The number of aromatic nitrogens is 3. The van der Waals surface area contributed by atoms with Gasteiger partial charge in [-0.1, -0.05) is 30.3 Å². The summed E-state index contributed by atoms with van der Waals surface area (Å²) in [5.41, 5.74) is 4.05. The van der Waals surface area contributed by atoms with Crippen molar-refractivity contribution in [3.63, 3.8) is 0 Å². The molecule has 3 aromatic carbocycles. The summed E-state index contributed by atoms with van der Waals surface area (Å²) in [6.45, 7) is 8.64. The maximum absolute atomic E-state index is 15.6. The van der Waals surface area contributed by atoms with Crippen LogP contribution in [0, 0.1) is 18.2 Å². The van der Waals surface area contributed by atoms with E-state index < -0.39 is 17.6 Å². The Morgan fingerprint density at radius 3 is 2.55 bits per heavy atom. The van der Waals surface area contributed by atoms with Crippen LogP contribution in [0.3, 0.4) is 0 Å². The second-order valence-electron chi connectivity index (χ2n) is 10.8. The van der Waals surface area contributed by atoms with E-state index in [4.69, 9.17) is 21.0 Å². The number of carbonyl (C=O) groups is 1. The molecule has 0 aliphatic carbocycles. The zero-order valence-corrected chi connectivity index (χ0v) is 24.3. The summed E-state index contributed by atoms with van der Waals surface area (Å²) in [5, 5.41) is 0. The normalized spacial score (nSPS) is 14.7. The van der Waals surface area contributed by atoms with Crippen LogP contribution in [-0.4, -0.2) is 52.1 Å². The molecule has 1 aliphatic rings. The molecular formula is C34H29F2N5O3. The van der Waals surface area contributed by atoms with Crippen LogP contribution in [0.15, 0.2) is 72.8 Å². The highest BCUT2D eigenvalue weighted by Gasteiger charge is 2.27. The third kappa shape index (κ3) is 5.87. The Bertz CT molecular complexity index is 1920. The molecule has 5 aromatic rings. The molecule has 0 amide bonds. The zero-order chi connectivity index (χ0) is 30.8. The number of ether oxygens (including phenoxy) is 2. The molecule has 1 saturated heterocycles. The van der Waals surface area contributed by atoms with E-state index >= 15 is 4.39 Å². The van der Waals surface area contributed by atoms with Crippen molar-refractivity contribution in [3.8, 4) is 17.1 Å². The number of halogens is 2. The Labute approximate surface area is 253 Å². The van der Waals surface area contributed by atoms with Gasteiger partial charge in [0.15, 0.2) is 5.69 Å². The molecule has 0 radical (unpaired) electrons. The maximum atomic E-state index is 15.6. The molecule has 1 aliphatic heterocycles. The van der Waals surface area contributed by atoms with E-state index in [1.54, 1.807) is 48.5 Å². The van der Waals surface area contributed by atoms with Crippen LogP contribution in [0.1, 0.15) is 33.7 Å². The van der Waals surface area contributed by atoms with Gasteiger partial charge in [0, 0.05) is 36.2 Å². The van der Waals surface area contributed by atoms with E-state index in [9.17, 15) is 9.18 Å². The number of carbonyl (C=O) groups excluding carboxylic acids is 1. The fourth-order valence-electron chi connectivity index (χ4n) is 5.32. The fourth-order valence-corrected chi connectivity index (χ4v) is 5.32. The summed E-state index contributed by atoms with van der Waals surface area (Å²) in [5.74, 6) is -0.369. The number of pyridine rings is 1. The van der Waals surface area contributed by atoms with Crippen LogP contribution >= 0.6 is 0 Å². The van der Waals surface area contributed by atoms with Gasteiger partial charge in [0.25, 0.3) is 0 Å². The zero-order valence-electron chi connectivity index (χ0n) is 24.3. The molecule has 10 heteroatoms. The average molecular weight is 594 g/mol. The molecule has 0 unspecified atom stereocenters. The molecule has 1 fully saturated rings. The van der Waals surface area contributed by atoms with Crippen molar-refractivity contribution in [1.29, 1.82) is 0 Å². The number of benzene rings is 3. The van der Waals surface area contributed by atoms with Gasteiger partial charge in [0.05, 0.1) is 36.0 Å². The van der Waals surface area contributed by atoms with Gasteiger partial charge in [0.1, 0.15) is 24.1 Å². The molecule has 0 saturated carbocycles. The van der Waals surface area contributed by atoms with Crippen molar-refractivity contribution < 1.29 is 23.0 Å². The standard InChI is InChI=1S/C34H29F2N5O3/c1-37-25-11-9-24(28(36)18-25)20-44-33-6-4-5-29(39-33)22-8-7-21(27(35)15-22)17-32-38-30-12-10-23(34(42)43-3)16-31(30)41(32)19-26-13-14-40(26)2/h4-12,15-16,18,26H,13-14,17,19-20H2,2-3H3/t26-/m0/s1. The molecule has 222 valence electrons. The van der Waals surface area contributed by atoms with Crippen molar-refractivity contribution in [3.05, 3.63) is 118 Å². The number of rotatable bonds is 9. The van der Waals surface area contributed by atoms with Crippen molar-refractivity contribution in [2.24, 2.45) is 0 Å². The Morgan fingerprint density at radius 1 is 1.02 bits per heavy atom. The van der Waals surface area contributed by atoms with Crippen molar-refractivity contribution in [2.75, 3.05) is 20.7 Å². The third-order valence-electron chi connectivity index (χ3n) is 8.04. The highest BCUT2D eigenvalue weighted by atomic mass is 19.1. The lowest BCUT2D eigenvalue weighted by molar-refractivity contribution is 0.0601. The summed E-state index contributed by atoms with van der Waals surface area (Å²) in [7, 11) is 3.43. The summed E-state index contributed by atoms with van der Waals surface area (Å²) >= 11 is 0. The molecule has 6 rings (SSSR count). The quantitative estimate of drug-likeness (QED) is 0.142. The van der Waals surface area contributed by atoms with Gasteiger partial charge in [-0.3, -0.25) is 0 Å². The molecule has 0 N–H and O–H groups in total. The Kier molecular flexibility index (Phi) is 8.05. The van der Waals surface area contributed by atoms with E-state index in [0.717, 1.165) is 24.0 Å². The minimum atomic E-state index is -0.524. The van der Waals surface area contributed by atoms with E-state index in [0.29, 0.717) is 46.4 Å². The van der Waals surface area contributed by atoms with Gasteiger partial charge in [-0.2, -0.15) is 0 Å². The van der Waals surface area contributed by atoms with Gasteiger partial charge >= 0.3 is 5.97 Å². The van der Waals surface area contributed by atoms with Crippen molar-refractivity contribution in [1.82, 2.24) is 19.4 Å². The van der Waals surface area contributed by atoms with E-state index in [1.807, 2.05) is 0 Å². The third-order valence-corrected chi connectivity index (χ3v) is 8.04. The lowest BCUT2D eigenvalue weighted by Crippen LogP contribution is -2.47. The molecule has 2 aromatic heterocycles. The second-order valence-corrected chi connectivity index (χ2v) is 10.8. The van der Waals surface area contributed by atoms with E-state index in [2.05, 4.69) is 26.3 Å². The largest absolute Gasteiger partial charge is 0.473 e. The first kappa shape index (κ1) is 29.0. The van der Waals surface area contributed by atoms with Crippen LogP contribution in [0.25, 0.3) is 27.1 Å². The average Bonchev–Trinajstić information content (AvgIpc) is 3.38. The maximum Gasteiger partial charge on any atom is 0.337 e. The first-order chi connectivity index (χ1) is 21.3. The fraction of sp³-hybridized carbons (Fsp3) is 0.235.